The molecule has 1 saturated carbocycles. The second-order valence-electron chi connectivity index (χ2n) is 9.87. The Morgan fingerprint density at radius 3 is 2.68 bits per heavy atom. The monoisotopic (exact) mass is 442 g/mol. The second-order valence-corrected chi connectivity index (χ2v) is 10.4. The number of thiol groups is 1. The third-order valence-corrected chi connectivity index (χ3v) is 8.12. The molecule has 5 rings (SSSR count). The van der Waals surface area contributed by atoms with Gasteiger partial charge in [-0.2, -0.15) is 15.3 Å². The molecule has 3 fully saturated rings. The Hall–Kier alpha value is -1.48. The van der Waals surface area contributed by atoms with Crippen molar-refractivity contribution in [2.45, 2.75) is 56.4 Å². The van der Waals surface area contributed by atoms with E-state index >= 15 is 0 Å². The van der Waals surface area contributed by atoms with Crippen LogP contribution in [0.3, 0.4) is 0 Å². The summed E-state index contributed by atoms with van der Waals surface area (Å²) in [5, 5.41) is 13.6. The number of hydrogen-bond acceptors (Lipinski definition) is 7. The van der Waals surface area contributed by atoms with Crippen LogP contribution in [-0.2, 0) is 11.8 Å². The lowest BCUT2D eigenvalue weighted by atomic mass is 9.52. The fourth-order valence-corrected chi connectivity index (χ4v) is 6.52. The standard InChI is InChI=1S/C23H34N6OS/c1-15-17(14-28(2)27-15)19-3-4-20(26-25-19)22-18(24)12-23(22)6-8-29(9-7-23)13-16-5-10-30-21(31)11-16/h3-4,14,16,18,21-22,31H,5-13,24H2,1-2H3. The zero-order valence-electron chi connectivity index (χ0n) is 18.6. The smallest absolute Gasteiger partial charge is 0.100 e. The molecule has 2 aromatic heterocycles. The van der Waals surface area contributed by atoms with E-state index in [2.05, 4.69) is 45.0 Å². The lowest BCUT2D eigenvalue weighted by Gasteiger charge is -2.57. The van der Waals surface area contributed by atoms with Crippen LogP contribution < -0.4 is 5.73 Å². The van der Waals surface area contributed by atoms with Gasteiger partial charge >= 0.3 is 0 Å². The minimum atomic E-state index is 0.112. The molecule has 7 nitrogen and oxygen atoms in total. The fourth-order valence-electron chi connectivity index (χ4n) is 6.11. The molecule has 168 valence electrons. The van der Waals surface area contributed by atoms with Gasteiger partial charge in [-0.05, 0) is 75.6 Å². The van der Waals surface area contributed by atoms with Gasteiger partial charge in [-0.15, -0.1) is 12.6 Å². The summed E-state index contributed by atoms with van der Waals surface area (Å²) in [6.07, 6.45) is 7.72. The summed E-state index contributed by atoms with van der Waals surface area (Å²) in [5.74, 6) is 1.02. The molecule has 1 aliphatic carbocycles. The normalized spacial score (nSPS) is 31.0. The van der Waals surface area contributed by atoms with E-state index in [9.17, 15) is 0 Å². The highest BCUT2D eigenvalue weighted by molar-refractivity contribution is 7.80. The van der Waals surface area contributed by atoms with Crippen LogP contribution in [-0.4, -0.2) is 62.6 Å². The molecule has 2 aromatic rings. The number of rotatable bonds is 4. The summed E-state index contributed by atoms with van der Waals surface area (Å²) in [6.45, 7) is 6.33. The van der Waals surface area contributed by atoms with Crippen LogP contribution >= 0.6 is 12.6 Å². The first-order valence-corrected chi connectivity index (χ1v) is 12.1. The van der Waals surface area contributed by atoms with Gasteiger partial charge < -0.3 is 15.4 Å². The van der Waals surface area contributed by atoms with E-state index in [0.29, 0.717) is 11.8 Å². The Kier molecular flexibility index (Phi) is 5.83. The first-order chi connectivity index (χ1) is 14.9. The van der Waals surface area contributed by atoms with E-state index in [1.807, 2.05) is 24.9 Å². The topological polar surface area (TPSA) is 82.1 Å². The summed E-state index contributed by atoms with van der Waals surface area (Å²) in [6, 6.07) is 4.41. The minimum absolute atomic E-state index is 0.112. The third kappa shape index (κ3) is 4.15. The van der Waals surface area contributed by atoms with Gasteiger partial charge in [0.1, 0.15) is 5.44 Å². The molecule has 4 atom stereocenters. The van der Waals surface area contributed by atoms with Crippen LogP contribution in [0.25, 0.3) is 11.3 Å². The van der Waals surface area contributed by atoms with Crippen LogP contribution in [0.2, 0.25) is 0 Å². The number of piperidine rings is 1. The van der Waals surface area contributed by atoms with Gasteiger partial charge in [-0.1, -0.05) is 0 Å². The number of aryl methyl sites for hydroxylation is 2. The summed E-state index contributed by atoms with van der Waals surface area (Å²) < 4.78 is 7.41. The first kappa shape index (κ1) is 21.4. The zero-order chi connectivity index (χ0) is 21.6. The van der Waals surface area contributed by atoms with Crippen LogP contribution in [0.1, 0.15) is 49.4 Å². The Bertz CT molecular complexity index is 907. The van der Waals surface area contributed by atoms with Gasteiger partial charge in [0.05, 0.1) is 17.1 Å². The van der Waals surface area contributed by atoms with Gasteiger partial charge in [0.25, 0.3) is 0 Å². The molecule has 0 aromatic carbocycles. The van der Waals surface area contributed by atoms with Gasteiger partial charge in [0.15, 0.2) is 0 Å². The predicted octanol–water partition coefficient (Wildman–Crippen LogP) is 2.76. The average Bonchev–Trinajstić information content (AvgIpc) is 3.08. The minimum Gasteiger partial charge on any atom is -0.368 e. The average molecular weight is 443 g/mol. The van der Waals surface area contributed by atoms with E-state index in [4.69, 9.17) is 10.5 Å². The van der Waals surface area contributed by atoms with Crippen LogP contribution in [0.15, 0.2) is 18.3 Å². The summed E-state index contributed by atoms with van der Waals surface area (Å²) in [7, 11) is 1.93. The predicted molar refractivity (Wildman–Crippen MR) is 124 cm³/mol. The summed E-state index contributed by atoms with van der Waals surface area (Å²) in [4.78, 5) is 2.64. The molecule has 2 saturated heterocycles. The number of hydrogen-bond donors (Lipinski definition) is 2. The molecule has 2 aliphatic heterocycles. The number of aromatic nitrogens is 4. The molecule has 8 heteroatoms. The van der Waals surface area contributed by atoms with E-state index in [0.717, 1.165) is 61.6 Å². The highest BCUT2D eigenvalue weighted by Gasteiger charge is 2.54. The maximum Gasteiger partial charge on any atom is 0.100 e. The number of likely N-dealkylation sites (tertiary alicyclic amines) is 1. The highest BCUT2D eigenvalue weighted by atomic mass is 32.1. The van der Waals surface area contributed by atoms with Crippen molar-refractivity contribution in [1.82, 2.24) is 24.9 Å². The molecular formula is C23H34N6OS. The van der Waals surface area contributed by atoms with Gasteiger partial charge in [-0.25, -0.2) is 0 Å². The Morgan fingerprint density at radius 1 is 1.26 bits per heavy atom. The second kappa shape index (κ2) is 8.46. The SMILES string of the molecule is Cc1nn(C)cc1-c1ccc(C2C(N)CC23CCN(CC2CCOC(S)C2)CC3)nn1. The van der Waals surface area contributed by atoms with E-state index in [1.165, 1.54) is 19.4 Å². The van der Waals surface area contributed by atoms with Crippen molar-refractivity contribution in [3.8, 4) is 11.3 Å². The molecule has 2 N–H and O–H groups in total. The molecule has 0 bridgehead atoms. The largest absolute Gasteiger partial charge is 0.368 e. The highest BCUT2D eigenvalue weighted by Crippen LogP contribution is 2.57. The summed E-state index contributed by atoms with van der Waals surface area (Å²) in [5.41, 5.74) is 10.9. The number of nitrogens with zero attached hydrogens (tertiary/aromatic N) is 5. The fraction of sp³-hybridized carbons (Fsp3) is 0.696. The van der Waals surface area contributed by atoms with Crippen LogP contribution in [0.4, 0.5) is 0 Å². The van der Waals surface area contributed by atoms with Crippen LogP contribution in [0.5, 0.6) is 0 Å². The van der Waals surface area contributed by atoms with Gasteiger partial charge in [0, 0.05) is 43.9 Å². The maximum absolute atomic E-state index is 6.52. The molecule has 0 radical (unpaired) electrons. The lowest BCUT2D eigenvalue weighted by molar-refractivity contribution is -0.0245. The summed E-state index contributed by atoms with van der Waals surface area (Å²) >= 11 is 4.52. The lowest BCUT2D eigenvalue weighted by Crippen LogP contribution is -2.58. The first-order valence-electron chi connectivity index (χ1n) is 11.6. The van der Waals surface area contributed by atoms with Crippen molar-refractivity contribution in [1.29, 1.82) is 0 Å². The van der Waals surface area contributed by atoms with Crippen molar-refractivity contribution in [2.24, 2.45) is 24.1 Å². The van der Waals surface area contributed by atoms with Crippen molar-refractivity contribution in [3.63, 3.8) is 0 Å². The Balaban J connectivity index is 1.24. The van der Waals surface area contributed by atoms with Crippen molar-refractivity contribution < 1.29 is 4.74 Å². The number of nitrogens with two attached hydrogens (primary N) is 1. The molecule has 4 unspecified atom stereocenters. The molecule has 31 heavy (non-hydrogen) atoms. The van der Waals surface area contributed by atoms with Crippen LogP contribution in [0, 0.1) is 18.3 Å². The van der Waals surface area contributed by atoms with E-state index in [-0.39, 0.29) is 16.9 Å². The quantitative estimate of drug-likeness (QED) is 0.709. The van der Waals surface area contributed by atoms with E-state index < -0.39 is 0 Å². The Morgan fingerprint density at radius 2 is 2.06 bits per heavy atom. The van der Waals surface area contributed by atoms with Crippen molar-refractivity contribution in [3.05, 3.63) is 29.7 Å². The molecule has 1 spiro atoms. The molecule has 3 aliphatic rings. The number of ether oxygens (including phenoxy) is 1. The van der Waals surface area contributed by atoms with Crippen molar-refractivity contribution in [2.75, 3.05) is 26.2 Å². The third-order valence-electron chi connectivity index (χ3n) is 7.76. The van der Waals surface area contributed by atoms with Gasteiger partial charge in [0.2, 0.25) is 0 Å². The maximum atomic E-state index is 6.52. The Labute approximate surface area is 190 Å². The van der Waals surface area contributed by atoms with Crippen molar-refractivity contribution >= 4 is 12.6 Å². The molecular weight excluding hydrogens is 408 g/mol. The molecule has 4 heterocycles. The molecule has 0 amide bonds. The van der Waals surface area contributed by atoms with Gasteiger partial charge in [-0.3, -0.25) is 4.68 Å². The zero-order valence-corrected chi connectivity index (χ0v) is 19.5. The van der Waals surface area contributed by atoms with E-state index in [1.54, 1.807) is 0 Å².